The molecule has 3 N–H and O–H groups in total. The van der Waals surface area contributed by atoms with E-state index in [1.54, 1.807) is 6.20 Å². The van der Waals surface area contributed by atoms with Gasteiger partial charge in [-0.05, 0) is 18.6 Å². The molecule has 1 saturated heterocycles. The maximum atomic E-state index is 9.19. The molecule has 0 bridgehead atoms. The lowest BCUT2D eigenvalue weighted by Crippen LogP contribution is -2.15. The minimum Gasteiger partial charge on any atom is -0.394 e. The SMILES string of the molecule is CC1CC(CO)OC1n1ccc2c(N)nccc21. The van der Waals surface area contributed by atoms with Crippen LogP contribution in [0.3, 0.4) is 0 Å². The van der Waals surface area contributed by atoms with Crippen molar-refractivity contribution in [1.29, 1.82) is 0 Å². The molecule has 0 amide bonds. The smallest absolute Gasteiger partial charge is 0.137 e. The third kappa shape index (κ3) is 1.67. The molecule has 96 valence electrons. The zero-order valence-corrected chi connectivity index (χ0v) is 10.3. The lowest BCUT2D eigenvalue weighted by Gasteiger charge is -2.18. The molecule has 3 atom stereocenters. The monoisotopic (exact) mass is 247 g/mol. The normalized spacial score (nSPS) is 28.0. The van der Waals surface area contributed by atoms with Crippen molar-refractivity contribution in [3.8, 4) is 0 Å². The maximum Gasteiger partial charge on any atom is 0.137 e. The Morgan fingerprint density at radius 2 is 2.39 bits per heavy atom. The van der Waals surface area contributed by atoms with E-state index >= 15 is 0 Å². The van der Waals surface area contributed by atoms with Crippen LogP contribution in [0.4, 0.5) is 5.82 Å². The molecule has 2 aromatic heterocycles. The molecule has 1 aliphatic rings. The van der Waals surface area contributed by atoms with Gasteiger partial charge in [-0.2, -0.15) is 0 Å². The van der Waals surface area contributed by atoms with Crippen LogP contribution >= 0.6 is 0 Å². The summed E-state index contributed by atoms with van der Waals surface area (Å²) in [5, 5.41) is 10.1. The Balaban J connectivity index is 2.02. The van der Waals surface area contributed by atoms with Crippen LogP contribution in [-0.4, -0.2) is 27.4 Å². The van der Waals surface area contributed by atoms with E-state index in [4.69, 9.17) is 10.5 Å². The summed E-state index contributed by atoms with van der Waals surface area (Å²) in [5.41, 5.74) is 6.88. The Bertz CT molecular complexity index is 566. The van der Waals surface area contributed by atoms with E-state index in [-0.39, 0.29) is 18.9 Å². The largest absolute Gasteiger partial charge is 0.394 e. The molecule has 5 heteroatoms. The van der Waals surface area contributed by atoms with Crippen molar-refractivity contribution in [1.82, 2.24) is 9.55 Å². The molecule has 0 saturated carbocycles. The summed E-state index contributed by atoms with van der Waals surface area (Å²) in [6, 6.07) is 3.90. The molecule has 0 aromatic carbocycles. The molecule has 0 aliphatic carbocycles. The van der Waals surface area contributed by atoms with Gasteiger partial charge < -0.3 is 20.1 Å². The van der Waals surface area contributed by atoms with Crippen LogP contribution in [0.2, 0.25) is 0 Å². The summed E-state index contributed by atoms with van der Waals surface area (Å²) in [6.45, 7) is 2.21. The van der Waals surface area contributed by atoms with E-state index in [0.29, 0.717) is 11.7 Å². The van der Waals surface area contributed by atoms with Crippen molar-refractivity contribution in [2.75, 3.05) is 12.3 Å². The maximum absolute atomic E-state index is 9.19. The van der Waals surface area contributed by atoms with Gasteiger partial charge >= 0.3 is 0 Å². The molecule has 1 fully saturated rings. The third-order valence-electron chi connectivity index (χ3n) is 3.61. The first-order chi connectivity index (χ1) is 8.70. The Kier molecular flexibility index (Phi) is 2.72. The summed E-state index contributed by atoms with van der Waals surface area (Å²) < 4.78 is 7.94. The molecule has 0 radical (unpaired) electrons. The molecular weight excluding hydrogens is 230 g/mol. The minimum atomic E-state index is -0.0679. The van der Waals surface area contributed by atoms with Gasteiger partial charge in [0.15, 0.2) is 0 Å². The van der Waals surface area contributed by atoms with Gasteiger partial charge in [0.2, 0.25) is 0 Å². The standard InChI is InChI=1S/C13H17N3O2/c1-8-6-9(7-17)18-13(8)16-5-3-10-11(16)2-4-15-12(10)14/h2-5,8-9,13,17H,6-7H2,1H3,(H2,14,15). The highest BCUT2D eigenvalue weighted by Crippen LogP contribution is 2.36. The number of nitrogens with zero attached hydrogens (tertiary/aromatic N) is 2. The molecule has 1 aliphatic heterocycles. The Hall–Kier alpha value is -1.59. The highest BCUT2D eigenvalue weighted by atomic mass is 16.5. The zero-order valence-electron chi connectivity index (χ0n) is 10.3. The minimum absolute atomic E-state index is 0.0403. The number of ether oxygens (including phenoxy) is 1. The Morgan fingerprint density at radius 1 is 1.56 bits per heavy atom. The topological polar surface area (TPSA) is 73.3 Å². The molecule has 5 nitrogen and oxygen atoms in total. The summed E-state index contributed by atoms with van der Waals surface area (Å²) >= 11 is 0. The Morgan fingerprint density at radius 3 is 3.11 bits per heavy atom. The van der Waals surface area contributed by atoms with Crippen molar-refractivity contribution in [2.45, 2.75) is 25.7 Å². The van der Waals surface area contributed by atoms with Gasteiger partial charge in [-0.25, -0.2) is 4.98 Å². The van der Waals surface area contributed by atoms with Crippen LogP contribution in [0.5, 0.6) is 0 Å². The zero-order chi connectivity index (χ0) is 12.7. The van der Waals surface area contributed by atoms with Gasteiger partial charge in [0.05, 0.1) is 18.2 Å². The summed E-state index contributed by atoms with van der Waals surface area (Å²) in [4.78, 5) is 4.08. The third-order valence-corrected chi connectivity index (χ3v) is 3.61. The number of hydrogen-bond donors (Lipinski definition) is 2. The molecule has 2 aromatic rings. The number of pyridine rings is 1. The van der Waals surface area contributed by atoms with E-state index in [1.807, 2.05) is 18.3 Å². The number of hydrogen-bond acceptors (Lipinski definition) is 4. The average molecular weight is 247 g/mol. The highest BCUT2D eigenvalue weighted by Gasteiger charge is 2.33. The number of nitrogen functional groups attached to an aromatic ring is 1. The van der Waals surface area contributed by atoms with E-state index < -0.39 is 0 Å². The Labute approximate surface area is 105 Å². The van der Waals surface area contributed by atoms with E-state index in [0.717, 1.165) is 17.3 Å². The fraction of sp³-hybridized carbons (Fsp3) is 0.462. The van der Waals surface area contributed by atoms with Gasteiger partial charge in [-0.1, -0.05) is 6.92 Å². The molecule has 3 rings (SSSR count). The lowest BCUT2D eigenvalue weighted by molar-refractivity contribution is -0.0289. The molecular formula is C13H17N3O2. The lowest BCUT2D eigenvalue weighted by atomic mass is 10.1. The summed E-state index contributed by atoms with van der Waals surface area (Å²) in [5.74, 6) is 0.905. The number of aromatic nitrogens is 2. The number of aliphatic hydroxyl groups is 1. The fourth-order valence-electron chi connectivity index (χ4n) is 2.71. The summed E-state index contributed by atoms with van der Waals surface area (Å²) in [6.07, 6.45) is 4.45. The number of fused-ring (bicyclic) bond motifs is 1. The van der Waals surface area contributed by atoms with Crippen LogP contribution in [0.25, 0.3) is 10.9 Å². The van der Waals surface area contributed by atoms with Gasteiger partial charge in [-0.3, -0.25) is 0 Å². The quantitative estimate of drug-likeness (QED) is 0.844. The van der Waals surface area contributed by atoms with Crippen LogP contribution in [0.1, 0.15) is 19.6 Å². The van der Waals surface area contributed by atoms with Crippen LogP contribution < -0.4 is 5.73 Å². The molecule has 3 heterocycles. The van der Waals surface area contributed by atoms with Gasteiger partial charge in [-0.15, -0.1) is 0 Å². The predicted octanol–water partition coefficient (Wildman–Crippen LogP) is 1.53. The molecule has 0 spiro atoms. The first kappa shape index (κ1) is 11.5. The van der Waals surface area contributed by atoms with Gasteiger partial charge in [0.1, 0.15) is 12.0 Å². The first-order valence-electron chi connectivity index (χ1n) is 6.18. The van der Waals surface area contributed by atoms with Crippen molar-refractivity contribution in [2.24, 2.45) is 5.92 Å². The second-order valence-corrected chi connectivity index (χ2v) is 4.90. The van der Waals surface area contributed by atoms with Gasteiger partial charge in [0, 0.05) is 23.7 Å². The highest BCUT2D eigenvalue weighted by molar-refractivity contribution is 5.89. The predicted molar refractivity (Wildman–Crippen MR) is 68.9 cm³/mol. The van der Waals surface area contributed by atoms with Crippen molar-refractivity contribution < 1.29 is 9.84 Å². The second kappa shape index (κ2) is 4.26. The number of anilines is 1. The van der Waals surface area contributed by atoms with Crippen molar-refractivity contribution >= 4 is 16.7 Å². The van der Waals surface area contributed by atoms with Crippen LogP contribution in [0, 0.1) is 5.92 Å². The molecule has 18 heavy (non-hydrogen) atoms. The van der Waals surface area contributed by atoms with Crippen LogP contribution in [-0.2, 0) is 4.74 Å². The van der Waals surface area contributed by atoms with E-state index in [9.17, 15) is 5.11 Å². The fourth-order valence-corrected chi connectivity index (χ4v) is 2.71. The summed E-state index contributed by atoms with van der Waals surface area (Å²) in [7, 11) is 0. The van der Waals surface area contributed by atoms with Crippen LogP contribution in [0.15, 0.2) is 24.5 Å². The van der Waals surface area contributed by atoms with Gasteiger partial charge in [0.25, 0.3) is 0 Å². The number of aliphatic hydroxyl groups excluding tert-OH is 1. The van der Waals surface area contributed by atoms with E-state index in [2.05, 4.69) is 16.5 Å². The molecule has 3 unspecified atom stereocenters. The first-order valence-corrected chi connectivity index (χ1v) is 6.18. The number of rotatable bonds is 2. The van der Waals surface area contributed by atoms with Crippen molar-refractivity contribution in [3.63, 3.8) is 0 Å². The number of nitrogens with two attached hydrogens (primary N) is 1. The van der Waals surface area contributed by atoms with E-state index in [1.165, 1.54) is 0 Å². The average Bonchev–Trinajstić information content (AvgIpc) is 2.93. The second-order valence-electron chi connectivity index (χ2n) is 4.90. The van der Waals surface area contributed by atoms with Crippen molar-refractivity contribution in [3.05, 3.63) is 24.5 Å².